The lowest BCUT2D eigenvalue weighted by Crippen LogP contribution is -2.60. The van der Waals surface area contributed by atoms with E-state index in [4.69, 9.17) is 9.40 Å². The van der Waals surface area contributed by atoms with E-state index in [-0.39, 0.29) is 17.7 Å². The van der Waals surface area contributed by atoms with Crippen LogP contribution in [0.5, 0.6) is 0 Å². The first-order valence-corrected chi connectivity index (χ1v) is 24.1. The van der Waals surface area contributed by atoms with Crippen LogP contribution in [0.4, 0.5) is 28.4 Å². The summed E-state index contributed by atoms with van der Waals surface area (Å²) in [5.74, 6) is 0.629. The van der Waals surface area contributed by atoms with E-state index in [2.05, 4.69) is 213 Å². The molecule has 0 radical (unpaired) electrons. The first-order chi connectivity index (χ1) is 33.1. The molecule has 0 saturated carbocycles. The Morgan fingerprint density at radius 2 is 1.28 bits per heavy atom. The monoisotopic (exact) mass is 876 g/mol. The quantitative estimate of drug-likeness (QED) is 0.161. The average molecular weight is 877 g/mol. The minimum absolute atomic E-state index is 0.0231. The third-order valence-electron chi connectivity index (χ3n) is 15.7. The summed E-state index contributed by atoms with van der Waals surface area (Å²) < 4.78 is 9.35. The van der Waals surface area contributed by atoms with Gasteiger partial charge in [0.05, 0.1) is 11.0 Å². The zero-order chi connectivity index (χ0) is 45.6. The zero-order valence-electron chi connectivity index (χ0n) is 39.0. The Morgan fingerprint density at radius 1 is 0.588 bits per heavy atom. The van der Waals surface area contributed by atoms with Crippen molar-refractivity contribution in [1.29, 1.82) is 0 Å². The SMILES string of the molecule is Cc1cc2c3c4c1c1c5ccccc5ccc1n4-c1cc4nc(-c5ccccc5)oc4cc1B3N(c1ccc3c(c1)C(C)(C)CCC3(C)C)c1ccc(N(c3ccccc3)c3ccccc3)cc1-2. The molecule has 326 valence electrons. The summed E-state index contributed by atoms with van der Waals surface area (Å²) in [5, 5.41) is 5.10. The predicted molar refractivity (Wildman–Crippen MR) is 285 cm³/mol. The molecule has 11 aromatic rings. The lowest BCUT2D eigenvalue weighted by Gasteiger charge is -2.45. The number of hydrogen-bond donors (Lipinski definition) is 0. The first-order valence-electron chi connectivity index (χ1n) is 24.1. The Labute approximate surface area is 397 Å². The molecule has 0 bridgehead atoms. The topological polar surface area (TPSA) is 37.4 Å². The number of aromatic nitrogens is 2. The van der Waals surface area contributed by atoms with Crippen LogP contribution in [0.15, 0.2) is 186 Å². The molecule has 9 aromatic carbocycles. The van der Waals surface area contributed by atoms with Gasteiger partial charge in [0.15, 0.2) is 5.58 Å². The second kappa shape index (κ2) is 14.1. The van der Waals surface area contributed by atoms with Crippen molar-refractivity contribution < 1.29 is 4.42 Å². The van der Waals surface area contributed by atoms with E-state index in [1.807, 2.05) is 18.2 Å². The number of hydrogen-bond acceptors (Lipinski definition) is 4. The standard InChI is InChI=1S/C62H49BN4O/c1-38-33-47-46-34-43(65(41-20-11-7-12-21-41)42-22-13-8-14-23-42)27-30-52(46)67(44-26-28-48-49(35-44)62(4,5)32-31-61(48,2)3)63-50-36-55-51(64-60(68-55)40-18-9-6-10-19-40)37-54(50)66-53-29-25-39-17-15-16-24-45(39)57(53)56(38)59(66)58(47)63/h6-30,33-37H,31-32H2,1-5H3. The Bertz CT molecular complexity index is 3850. The molecule has 14 rings (SSSR count). The van der Waals surface area contributed by atoms with Crippen molar-refractivity contribution in [3.63, 3.8) is 0 Å². The van der Waals surface area contributed by atoms with Crippen molar-refractivity contribution in [3.8, 4) is 28.3 Å². The van der Waals surface area contributed by atoms with Gasteiger partial charge in [0, 0.05) is 56.0 Å². The Morgan fingerprint density at radius 3 is 2.03 bits per heavy atom. The average Bonchev–Trinajstić information content (AvgIpc) is 3.96. The van der Waals surface area contributed by atoms with E-state index in [0.717, 1.165) is 45.8 Å². The summed E-state index contributed by atoms with van der Waals surface area (Å²) in [7, 11) is 0. The van der Waals surface area contributed by atoms with Gasteiger partial charge in [-0.3, -0.25) is 0 Å². The summed E-state index contributed by atoms with van der Waals surface area (Å²) in [5.41, 5.74) is 21.2. The molecule has 0 fully saturated rings. The molecular formula is C62H49BN4O. The highest BCUT2D eigenvalue weighted by atomic mass is 16.3. The summed E-state index contributed by atoms with van der Waals surface area (Å²) in [4.78, 5) is 10.3. The molecule has 2 aromatic heterocycles. The lowest BCUT2D eigenvalue weighted by molar-refractivity contribution is 0.332. The van der Waals surface area contributed by atoms with Crippen molar-refractivity contribution in [2.45, 2.75) is 58.3 Å². The largest absolute Gasteiger partial charge is 0.436 e. The molecular weight excluding hydrogens is 828 g/mol. The molecule has 0 spiro atoms. The van der Waals surface area contributed by atoms with Gasteiger partial charge in [0.2, 0.25) is 5.89 Å². The Balaban J connectivity index is 1.12. The van der Waals surface area contributed by atoms with Crippen molar-refractivity contribution in [1.82, 2.24) is 9.55 Å². The van der Waals surface area contributed by atoms with Crippen LogP contribution in [0, 0.1) is 6.92 Å². The van der Waals surface area contributed by atoms with E-state index < -0.39 is 0 Å². The summed E-state index contributed by atoms with van der Waals surface area (Å²) in [6.07, 6.45) is 2.31. The minimum Gasteiger partial charge on any atom is -0.436 e. The van der Waals surface area contributed by atoms with Gasteiger partial charge >= 0.3 is 6.85 Å². The summed E-state index contributed by atoms with van der Waals surface area (Å²) >= 11 is 0. The van der Waals surface area contributed by atoms with E-state index in [1.165, 1.54) is 89.1 Å². The van der Waals surface area contributed by atoms with Gasteiger partial charge < -0.3 is 18.7 Å². The molecule has 3 aliphatic rings. The zero-order valence-corrected chi connectivity index (χ0v) is 39.0. The van der Waals surface area contributed by atoms with Crippen LogP contribution in [-0.2, 0) is 10.8 Å². The smallest absolute Gasteiger partial charge is 0.333 e. The van der Waals surface area contributed by atoms with E-state index in [1.54, 1.807) is 0 Å². The van der Waals surface area contributed by atoms with Gasteiger partial charge in [-0.05, 0) is 159 Å². The molecule has 1 aliphatic carbocycles. The number of benzene rings is 9. The fourth-order valence-electron chi connectivity index (χ4n) is 12.3. The third kappa shape index (κ3) is 5.55. The molecule has 0 unspecified atom stereocenters. The molecule has 0 N–H and O–H groups in total. The normalized spacial score (nSPS) is 15.2. The maximum Gasteiger partial charge on any atom is 0.333 e. The lowest BCUT2D eigenvalue weighted by atomic mass is 9.43. The van der Waals surface area contributed by atoms with Crippen LogP contribution < -0.4 is 20.6 Å². The number of nitrogens with zero attached hydrogens (tertiary/aromatic N) is 4. The molecule has 5 nitrogen and oxygen atoms in total. The van der Waals surface area contributed by atoms with E-state index in [9.17, 15) is 0 Å². The second-order valence-corrected chi connectivity index (χ2v) is 20.6. The van der Waals surface area contributed by atoms with Crippen LogP contribution in [0.1, 0.15) is 57.2 Å². The number of para-hydroxylation sites is 2. The number of fused-ring (bicyclic) bond motifs is 12. The van der Waals surface area contributed by atoms with Gasteiger partial charge in [0.25, 0.3) is 0 Å². The van der Waals surface area contributed by atoms with Crippen molar-refractivity contribution in [2.24, 2.45) is 0 Å². The maximum atomic E-state index is 6.78. The van der Waals surface area contributed by atoms with Crippen LogP contribution >= 0.6 is 0 Å². The molecule has 2 aliphatic heterocycles. The fraction of sp³-hybridized carbons (Fsp3) is 0.145. The Hall–Kier alpha value is -7.83. The first kappa shape index (κ1) is 39.4. The van der Waals surface area contributed by atoms with Gasteiger partial charge in [-0.2, -0.15) is 0 Å². The van der Waals surface area contributed by atoms with Crippen LogP contribution in [0.3, 0.4) is 0 Å². The van der Waals surface area contributed by atoms with E-state index in [0.29, 0.717) is 5.89 Å². The number of oxazole rings is 1. The predicted octanol–water partition coefficient (Wildman–Crippen LogP) is 15.1. The van der Waals surface area contributed by atoms with Crippen molar-refractivity contribution in [3.05, 3.63) is 199 Å². The van der Waals surface area contributed by atoms with Crippen molar-refractivity contribution in [2.75, 3.05) is 9.71 Å². The van der Waals surface area contributed by atoms with E-state index >= 15 is 0 Å². The van der Waals surface area contributed by atoms with Crippen LogP contribution in [0.25, 0.3) is 71.9 Å². The number of rotatable bonds is 5. The third-order valence-corrected chi connectivity index (χ3v) is 15.7. The number of anilines is 5. The molecule has 68 heavy (non-hydrogen) atoms. The van der Waals surface area contributed by atoms with Crippen molar-refractivity contribution >= 4 is 89.9 Å². The number of aryl methyl sites for hydroxylation is 1. The van der Waals surface area contributed by atoms with Gasteiger partial charge in [-0.15, -0.1) is 0 Å². The fourth-order valence-corrected chi connectivity index (χ4v) is 12.3. The van der Waals surface area contributed by atoms with Gasteiger partial charge in [-0.1, -0.05) is 125 Å². The molecule has 4 heterocycles. The second-order valence-electron chi connectivity index (χ2n) is 20.6. The molecule has 6 heteroatoms. The summed E-state index contributed by atoms with van der Waals surface area (Å²) in [6, 6.07) is 67.0. The highest BCUT2D eigenvalue weighted by Gasteiger charge is 2.46. The summed E-state index contributed by atoms with van der Waals surface area (Å²) in [6.45, 7) is 11.9. The Kier molecular flexibility index (Phi) is 8.16. The van der Waals surface area contributed by atoms with Crippen LogP contribution in [-0.4, -0.2) is 16.4 Å². The van der Waals surface area contributed by atoms with Gasteiger partial charge in [-0.25, -0.2) is 4.98 Å². The molecule has 0 atom stereocenters. The minimum atomic E-state index is -0.184. The van der Waals surface area contributed by atoms with Crippen LogP contribution in [0.2, 0.25) is 0 Å². The molecule has 0 saturated heterocycles. The van der Waals surface area contributed by atoms with Gasteiger partial charge in [0.1, 0.15) is 5.52 Å². The maximum absolute atomic E-state index is 6.78. The highest BCUT2D eigenvalue weighted by molar-refractivity contribution is 6.94. The highest BCUT2D eigenvalue weighted by Crippen LogP contribution is 2.52. The molecule has 0 amide bonds.